The van der Waals surface area contributed by atoms with E-state index in [4.69, 9.17) is 21.3 Å². The van der Waals surface area contributed by atoms with E-state index in [-0.39, 0.29) is 5.06 Å². The summed E-state index contributed by atoms with van der Waals surface area (Å²) in [7, 11) is 0. The van der Waals surface area contributed by atoms with Crippen LogP contribution in [0.25, 0.3) is 0 Å². The minimum absolute atomic E-state index is 0.380. The first kappa shape index (κ1) is 13.9. The minimum atomic E-state index is -3.30. The molecule has 0 bridgehead atoms. The SMILES string of the molecule is NC1=NC(O)(NO)N(O)C(O)(N(O)CO)N1O. The third-order valence-corrected chi connectivity index (χ3v) is 1.98. The van der Waals surface area contributed by atoms with Crippen molar-refractivity contribution in [1.29, 1.82) is 0 Å². The molecule has 0 aromatic carbocycles. The fraction of sp³-hybridized carbons (Fsp3) is 0.750. The summed E-state index contributed by atoms with van der Waals surface area (Å²) in [5.41, 5.74) is 6.12. The van der Waals surface area contributed by atoms with E-state index in [1.54, 1.807) is 0 Å². The molecule has 1 rings (SSSR count). The number of nitrogens with one attached hydrogen (secondary N) is 1. The van der Waals surface area contributed by atoms with E-state index in [9.17, 15) is 20.6 Å². The normalized spacial score (nSPS) is 35.3. The zero-order valence-electron chi connectivity index (χ0n) is 8.20. The molecular formula is C4H12N6O7. The highest BCUT2D eigenvalue weighted by Gasteiger charge is 2.60. The fourth-order valence-corrected chi connectivity index (χ4v) is 1.09. The van der Waals surface area contributed by atoms with E-state index in [1.165, 1.54) is 0 Å². The van der Waals surface area contributed by atoms with Crippen LogP contribution in [0.5, 0.6) is 0 Å². The molecule has 0 saturated heterocycles. The third-order valence-electron chi connectivity index (χ3n) is 1.98. The van der Waals surface area contributed by atoms with Gasteiger partial charge in [-0.05, 0) is 0 Å². The summed E-state index contributed by atoms with van der Waals surface area (Å²) in [6.45, 7) is -1.28. The fourth-order valence-electron chi connectivity index (χ4n) is 1.09. The molecule has 2 atom stereocenters. The van der Waals surface area contributed by atoms with E-state index in [2.05, 4.69) is 4.99 Å². The smallest absolute Gasteiger partial charge is 0.340 e. The van der Waals surface area contributed by atoms with Crippen LogP contribution >= 0.6 is 0 Å². The van der Waals surface area contributed by atoms with Gasteiger partial charge in [-0.3, -0.25) is 5.21 Å². The average molecular weight is 256 g/mol. The van der Waals surface area contributed by atoms with Crippen LogP contribution in [-0.2, 0) is 0 Å². The second-order valence-electron chi connectivity index (χ2n) is 2.98. The monoisotopic (exact) mass is 256 g/mol. The zero-order valence-corrected chi connectivity index (χ0v) is 8.20. The van der Waals surface area contributed by atoms with Crippen molar-refractivity contribution in [2.24, 2.45) is 10.7 Å². The maximum absolute atomic E-state index is 9.71. The van der Waals surface area contributed by atoms with E-state index in [0.717, 1.165) is 5.48 Å². The van der Waals surface area contributed by atoms with E-state index in [0.29, 0.717) is 0 Å². The van der Waals surface area contributed by atoms with E-state index in [1.807, 2.05) is 0 Å². The molecule has 1 aliphatic rings. The number of aliphatic imine (C=N–C) groups is 1. The Morgan fingerprint density at radius 1 is 1.41 bits per heavy atom. The summed E-state index contributed by atoms with van der Waals surface area (Å²) in [4.78, 5) is 2.97. The molecule has 0 radical (unpaired) electrons. The van der Waals surface area contributed by atoms with Crippen LogP contribution in [0.4, 0.5) is 0 Å². The molecular weight excluding hydrogens is 244 g/mol. The lowest BCUT2D eigenvalue weighted by molar-refractivity contribution is -0.528. The van der Waals surface area contributed by atoms with Gasteiger partial charge in [-0.1, -0.05) is 10.1 Å². The first-order chi connectivity index (χ1) is 7.74. The Morgan fingerprint density at radius 2 is 1.94 bits per heavy atom. The molecule has 2 unspecified atom stereocenters. The molecule has 10 N–H and O–H groups in total. The Hall–Kier alpha value is -1.13. The van der Waals surface area contributed by atoms with Gasteiger partial charge in [-0.15, -0.1) is 5.48 Å². The second kappa shape index (κ2) is 4.27. The van der Waals surface area contributed by atoms with Crippen LogP contribution in [-0.4, -0.2) is 76.0 Å². The highest BCUT2D eigenvalue weighted by atomic mass is 16.7. The number of hydrogen-bond acceptors (Lipinski definition) is 13. The number of aliphatic hydroxyl groups is 3. The maximum Gasteiger partial charge on any atom is 0.340 e. The van der Waals surface area contributed by atoms with Gasteiger partial charge in [0.2, 0.25) is 5.96 Å². The third kappa shape index (κ3) is 1.81. The molecule has 1 aliphatic heterocycles. The average Bonchev–Trinajstić information content (AvgIpc) is 2.32. The summed E-state index contributed by atoms with van der Waals surface area (Å²) in [6.07, 6.45) is 0. The summed E-state index contributed by atoms with van der Waals surface area (Å²) >= 11 is 0. The van der Waals surface area contributed by atoms with Crippen molar-refractivity contribution in [3.63, 3.8) is 0 Å². The van der Waals surface area contributed by atoms with Crippen molar-refractivity contribution in [3.05, 3.63) is 0 Å². The van der Waals surface area contributed by atoms with Crippen LogP contribution in [0, 0.1) is 0 Å². The van der Waals surface area contributed by atoms with Crippen LogP contribution < -0.4 is 11.2 Å². The quantitative estimate of drug-likeness (QED) is 0.173. The van der Waals surface area contributed by atoms with Gasteiger partial charge in [-0.2, -0.15) is 10.1 Å². The highest BCUT2D eigenvalue weighted by molar-refractivity contribution is 5.78. The Kier molecular flexibility index (Phi) is 3.50. The van der Waals surface area contributed by atoms with Crippen molar-refractivity contribution >= 4 is 5.96 Å². The topological polar surface area (TPSA) is 202 Å². The predicted molar refractivity (Wildman–Crippen MR) is 44.4 cm³/mol. The molecule has 0 amide bonds. The molecule has 13 heteroatoms. The molecule has 100 valence electrons. The predicted octanol–water partition coefficient (Wildman–Crippen LogP) is -4.48. The van der Waals surface area contributed by atoms with Gasteiger partial charge in [0.25, 0.3) is 0 Å². The second-order valence-corrected chi connectivity index (χ2v) is 2.98. The van der Waals surface area contributed by atoms with Crippen molar-refractivity contribution in [3.8, 4) is 0 Å². The van der Waals surface area contributed by atoms with E-state index < -0.39 is 34.8 Å². The van der Waals surface area contributed by atoms with E-state index >= 15 is 0 Å². The van der Waals surface area contributed by atoms with Crippen LogP contribution in [0.1, 0.15) is 0 Å². The van der Waals surface area contributed by atoms with Crippen molar-refractivity contribution in [2.45, 2.75) is 11.9 Å². The number of hydrogen-bond donors (Lipinski definition) is 9. The van der Waals surface area contributed by atoms with Crippen LogP contribution in [0.15, 0.2) is 4.99 Å². The molecule has 1 heterocycles. The number of guanidine groups is 1. The van der Waals surface area contributed by atoms with Crippen molar-refractivity contribution < 1.29 is 36.1 Å². The Bertz CT molecular complexity index is 327. The first-order valence-electron chi connectivity index (χ1n) is 4.01. The molecule has 0 aromatic rings. The molecule has 0 fully saturated rings. The number of rotatable bonds is 3. The molecule has 0 spiro atoms. The van der Waals surface area contributed by atoms with Crippen LogP contribution in [0.2, 0.25) is 0 Å². The summed E-state index contributed by atoms with van der Waals surface area (Å²) in [6, 6.07) is 0. The van der Waals surface area contributed by atoms with Gasteiger partial charge in [-0.25, -0.2) is 0 Å². The van der Waals surface area contributed by atoms with Gasteiger partial charge in [0.1, 0.15) is 6.73 Å². The number of hydroxylamine groups is 7. The molecule has 0 aliphatic carbocycles. The Morgan fingerprint density at radius 3 is 2.35 bits per heavy atom. The maximum atomic E-state index is 9.71. The molecule has 17 heavy (non-hydrogen) atoms. The summed E-state index contributed by atoms with van der Waals surface area (Å²) < 4.78 is 0. The number of nitrogens with zero attached hydrogens (tertiary/aromatic N) is 4. The standard InChI is InChI=1S/C4H12N6O7/c5-2-6-3(12,7-14)10(17)4(13,9(2)16)8(15)1-11/h7,11-17H,1H2,(H2,5,6). The van der Waals surface area contributed by atoms with Crippen LogP contribution in [0.3, 0.4) is 0 Å². The largest absolute Gasteiger partial charge is 0.379 e. The minimum Gasteiger partial charge on any atom is -0.379 e. The summed E-state index contributed by atoms with van der Waals surface area (Å²) in [5.74, 6) is -7.35. The van der Waals surface area contributed by atoms with Gasteiger partial charge < -0.3 is 36.7 Å². The highest BCUT2D eigenvalue weighted by Crippen LogP contribution is 2.28. The zero-order chi connectivity index (χ0) is 13.4. The Balaban J connectivity index is 3.28. The van der Waals surface area contributed by atoms with Gasteiger partial charge in [0, 0.05) is 0 Å². The number of nitrogens with two attached hydrogens (primary N) is 1. The van der Waals surface area contributed by atoms with Gasteiger partial charge in [0.15, 0.2) is 0 Å². The molecule has 13 nitrogen and oxygen atoms in total. The van der Waals surface area contributed by atoms with Crippen molar-refractivity contribution in [1.82, 2.24) is 20.7 Å². The summed E-state index contributed by atoms with van der Waals surface area (Å²) in [5, 5.41) is 62.7. The first-order valence-corrected chi connectivity index (χ1v) is 4.01. The lowest BCUT2D eigenvalue weighted by atomic mass is 10.5. The molecule has 0 saturated carbocycles. The number of aliphatic hydroxyl groups excluding tert-OH is 1. The lowest BCUT2D eigenvalue weighted by Gasteiger charge is -2.49. The molecule has 0 aromatic heterocycles. The van der Waals surface area contributed by atoms with Crippen molar-refractivity contribution in [2.75, 3.05) is 6.73 Å². The van der Waals surface area contributed by atoms with Gasteiger partial charge >= 0.3 is 11.9 Å². The lowest BCUT2D eigenvalue weighted by Crippen LogP contribution is -2.79. The Labute approximate surface area is 93.3 Å². The van der Waals surface area contributed by atoms with Gasteiger partial charge in [0.05, 0.1) is 0 Å².